The Morgan fingerprint density at radius 1 is 1.50 bits per heavy atom. The van der Waals surface area contributed by atoms with E-state index < -0.39 is 0 Å². The van der Waals surface area contributed by atoms with Crippen LogP contribution in [0.4, 0.5) is 5.95 Å². The van der Waals surface area contributed by atoms with Gasteiger partial charge in [0.1, 0.15) is 5.75 Å². The van der Waals surface area contributed by atoms with Crippen LogP contribution in [0.2, 0.25) is 0 Å². The van der Waals surface area contributed by atoms with Gasteiger partial charge in [-0.25, -0.2) is 4.98 Å². The number of fused-ring (bicyclic) bond motifs is 1. The maximum Gasteiger partial charge on any atom is 0.201 e. The third-order valence-corrected chi connectivity index (χ3v) is 2.21. The second-order valence-corrected chi connectivity index (χ2v) is 3.29. The minimum absolute atomic E-state index is 0.245. The van der Waals surface area contributed by atoms with Gasteiger partial charge in [-0.05, 0) is 18.6 Å². The zero-order valence-electron chi connectivity index (χ0n) is 8.07. The summed E-state index contributed by atoms with van der Waals surface area (Å²) in [7, 11) is 0. The van der Waals surface area contributed by atoms with Gasteiger partial charge in [0.05, 0.1) is 11.0 Å². The molecule has 0 saturated carbocycles. The Kier molecular flexibility index (Phi) is 2.04. The average Bonchev–Trinajstić information content (AvgIpc) is 2.45. The number of nitrogens with zero attached hydrogens (tertiary/aromatic N) is 2. The number of aromatic hydroxyl groups is 1. The quantitative estimate of drug-likeness (QED) is 0.759. The van der Waals surface area contributed by atoms with Crippen molar-refractivity contribution >= 4 is 17.0 Å². The summed E-state index contributed by atoms with van der Waals surface area (Å²) in [5, 5.41) is 9.35. The van der Waals surface area contributed by atoms with Gasteiger partial charge in [0, 0.05) is 12.6 Å². The Balaban J connectivity index is 2.66. The van der Waals surface area contributed by atoms with Gasteiger partial charge in [0.15, 0.2) is 0 Å². The summed E-state index contributed by atoms with van der Waals surface area (Å²) in [6, 6.07) is 5.08. The third kappa shape index (κ3) is 1.28. The molecule has 0 atom stereocenters. The maximum atomic E-state index is 9.35. The number of hydrogen-bond acceptors (Lipinski definition) is 3. The molecule has 3 N–H and O–H groups in total. The van der Waals surface area contributed by atoms with Crippen LogP contribution in [0, 0.1) is 0 Å². The lowest BCUT2D eigenvalue weighted by Crippen LogP contribution is -2.02. The molecule has 14 heavy (non-hydrogen) atoms. The van der Waals surface area contributed by atoms with Gasteiger partial charge in [-0.1, -0.05) is 6.92 Å². The van der Waals surface area contributed by atoms with E-state index in [4.69, 9.17) is 5.73 Å². The van der Waals surface area contributed by atoms with Gasteiger partial charge in [-0.15, -0.1) is 0 Å². The molecule has 0 aliphatic carbocycles. The first kappa shape index (κ1) is 8.87. The minimum atomic E-state index is 0.245. The van der Waals surface area contributed by atoms with Gasteiger partial charge >= 0.3 is 0 Å². The first-order valence-corrected chi connectivity index (χ1v) is 4.67. The first-order valence-electron chi connectivity index (χ1n) is 4.67. The number of phenols is 1. The van der Waals surface area contributed by atoms with Crippen molar-refractivity contribution in [3.05, 3.63) is 18.2 Å². The van der Waals surface area contributed by atoms with Crippen molar-refractivity contribution in [1.82, 2.24) is 9.55 Å². The Morgan fingerprint density at radius 2 is 2.29 bits per heavy atom. The van der Waals surface area contributed by atoms with E-state index in [1.165, 1.54) is 0 Å². The zero-order chi connectivity index (χ0) is 10.1. The molecule has 0 saturated heterocycles. The lowest BCUT2D eigenvalue weighted by molar-refractivity contribution is 0.476. The smallest absolute Gasteiger partial charge is 0.201 e. The van der Waals surface area contributed by atoms with Crippen LogP contribution in [0.5, 0.6) is 5.75 Å². The molecular formula is C10H13N3O. The van der Waals surface area contributed by atoms with Gasteiger partial charge in [-0.2, -0.15) is 0 Å². The molecule has 0 aliphatic rings. The maximum absolute atomic E-state index is 9.35. The number of benzene rings is 1. The molecule has 0 bridgehead atoms. The average molecular weight is 191 g/mol. The molecule has 1 aromatic carbocycles. The highest BCUT2D eigenvalue weighted by Gasteiger charge is 2.07. The summed E-state index contributed by atoms with van der Waals surface area (Å²) in [5.74, 6) is 0.752. The molecule has 74 valence electrons. The summed E-state index contributed by atoms with van der Waals surface area (Å²) < 4.78 is 1.91. The molecule has 0 unspecified atom stereocenters. The zero-order valence-corrected chi connectivity index (χ0v) is 8.07. The molecule has 2 rings (SSSR count). The van der Waals surface area contributed by atoms with Crippen molar-refractivity contribution < 1.29 is 5.11 Å². The van der Waals surface area contributed by atoms with Gasteiger partial charge < -0.3 is 15.4 Å². The highest BCUT2D eigenvalue weighted by molar-refractivity contribution is 5.79. The predicted molar refractivity (Wildman–Crippen MR) is 56.1 cm³/mol. The summed E-state index contributed by atoms with van der Waals surface area (Å²) in [6.45, 7) is 2.90. The van der Waals surface area contributed by atoms with Crippen molar-refractivity contribution in [2.75, 3.05) is 5.73 Å². The molecule has 0 fully saturated rings. The molecule has 2 aromatic rings. The number of nitrogen functional groups attached to an aromatic ring is 1. The van der Waals surface area contributed by atoms with Crippen molar-refractivity contribution in [3.63, 3.8) is 0 Å². The molecular weight excluding hydrogens is 178 g/mol. The van der Waals surface area contributed by atoms with E-state index >= 15 is 0 Å². The largest absolute Gasteiger partial charge is 0.508 e. The SMILES string of the molecule is CCCn1c(N)nc2ccc(O)cc21. The van der Waals surface area contributed by atoms with E-state index in [1.54, 1.807) is 18.2 Å². The second-order valence-electron chi connectivity index (χ2n) is 3.29. The van der Waals surface area contributed by atoms with E-state index in [-0.39, 0.29) is 5.75 Å². The van der Waals surface area contributed by atoms with Gasteiger partial charge in [0.2, 0.25) is 5.95 Å². The van der Waals surface area contributed by atoms with Crippen LogP contribution in [-0.2, 0) is 6.54 Å². The van der Waals surface area contributed by atoms with Crippen LogP contribution >= 0.6 is 0 Å². The number of anilines is 1. The Hall–Kier alpha value is -1.71. The fourth-order valence-corrected chi connectivity index (χ4v) is 1.59. The monoisotopic (exact) mass is 191 g/mol. The minimum Gasteiger partial charge on any atom is -0.508 e. The third-order valence-electron chi connectivity index (χ3n) is 2.21. The number of aryl methyl sites for hydroxylation is 1. The lowest BCUT2D eigenvalue weighted by atomic mass is 10.3. The van der Waals surface area contributed by atoms with E-state index in [1.807, 2.05) is 4.57 Å². The first-order chi connectivity index (χ1) is 6.72. The number of rotatable bonds is 2. The molecule has 0 radical (unpaired) electrons. The molecule has 0 amide bonds. The van der Waals surface area contributed by atoms with Crippen LogP contribution < -0.4 is 5.73 Å². The van der Waals surface area contributed by atoms with Crippen LogP contribution in [0.3, 0.4) is 0 Å². The highest BCUT2D eigenvalue weighted by atomic mass is 16.3. The molecule has 0 spiro atoms. The van der Waals surface area contributed by atoms with E-state index in [9.17, 15) is 5.11 Å². The van der Waals surface area contributed by atoms with Gasteiger partial charge in [0.25, 0.3) is 0 Å². The summed E-state index contributed by atoms with van der Waals surface area (Å²) in [6.07, 6.45) is 0.991. The van der Waals surface area contributed by atoms with Crippen molar-refractivity contribution in [1.29, 1.82) is 0 Å². The predicted octanol–water partition coefficient (Wildman–Crippen LogP) is 1.73. The summed E-state index contributed by atoms with van der Waals surface area (Å²) in [5.41, 5.74) is 7.48. The number of nitrogens with two attached hydrogens (primary N) is 1. The lowest BCUT2D eigenvalue weighted by Gasteiger charge is -2.03. The Morgan fingerprint density at radius 3 is 3.00 bits per heavy atom. The van der Waals surface area contributed by atoms with E-state index in [2.05, 4.69) is 11.9 Å². The molecule has 1 aromatic heterocycles. The Labute approximate surface area is 82.0 Å². The van der Waals surface area contributed by atoms with Crippen molar-refractivity contribution in [2.45, 2.75) is 19.9 Å². The molecule has 0 aliphatic heterocycles. The standard InChI is InChI=1S/C10H13N3O/c1-2-5-13-9-6-7(14)3-4-8(9)12-10(13)11/h3-4,6,14H,2,5H2,1H3,(H2,11,12). The molecule has 1 heterocycles. The van der Waals surface area contributed by atoms with E-state index in [0.717, 1.165) is 24.0 Å². The number of aromatic nitrogens is 2. The number of imidazole rings is 1. The fourth-order valence-electron chi connectivity index (χ4n) is 1.59. The molecule has 4 heteroatoms. The van der Waals surface area contributed by atoms with Crippen LogP contribution in [0.25, 0.3) is 11.0 Å². The van der Waals surface area contributed by atoms with Crippen molar-refractivity contribution in [3.8, 4) is 5.75 Å². The summed E-state index contributed by atoms with van der Waals surface area (Å²) >= 11 is 0. The van der Waals surface area contributed by atoms with Crippen LogP contribution in [0.1, 0.15) is 13.3 Å². The summed E-state index contributed by atoms with van der Waals surface area (Å²) in [4.78, 5) is 4.20. The topological polar surface area (TPSA) is 64.1 Å². The Bertz CT molecular complexity index is 462. The molecule has 4 nitrogen and oxygen atoms in total. The second kappa shape index (κ2) is 3.21. The fraction of sp³-hybridized carbons (Fsp3) is 0.300. The van der Waals surface area contributed by atoms with Gasteiger partial charge in [-0.3, -0.25) is 0 Å². The normalized spacial score (nSPS) is 10.9. The number of hydrogen-bond donors (Lipinski definition) is 2. The highest BCUT2D eigenvalue weighted by Crippen LogP contribution is 2.22. The van der Waals surface area contributed by atoms with Crippen molar-refractivity contribution in [2.24, 2.45) is 0 Å². The van der Waals surface area contributed by atoms with E-state index in [0.29, 0.717) is 5.95 Å². The van der Waals surface area contributed by atoms with Crippen LogP contribution in [0.15, 0.2) is 18.2 Å². The number of phenolic OH excluding ortho intramolecular Hbond substituents is 1. The van der Waals surface area contributed by atoms with Crippen LogP contribution in [-0.4, -0.2) is 14.7 Å².